The van der Waals surface area contributed by atoms with E-state index in [9.17, 15) is 9.59 Å². The average Bonchev–Trinajstić information content (AvgIpc) is 3.12. The number of carbonyl (C=O) groups is 2. The van der Waals surface area contributed by atoms with E-state index in [0.29, 0.717) is 25.2 Å². The second kappa shape index (κ2) is 11.1. The van der Waals surface area contributed by atoms with Crippen LogP contribution in [0.1, 0.15) is 11.1 Å². The van der Waals surface area contributed by atoms with E-state index in [2.05, 4.69) is 21.2 Å². The number of benzene rings is 3. The largest absolute Gasteiger partial charge is 0.493 e. The standard InChI is InChI=1S/C26H21BrN2O4S2/c1-16-8-6-7-11-20(16)28-23(30)15-33-24-19(27)12-17(13-21(24)32-2)14-22-25(31)29(26(34)35-22)18-9-4-3-5-10-18/h3-14H,15H2,1-2H3,(H,28,30)/b22-14-. The molecule has 3 aromatic carbocycles. The van der Waals surface area contributed by atoms with Crippen LogP contribution in [0.3, 0.4) is 0 Å². The predicted molar refractivity (Wildman–Crippen MR) is 148 cm³/mol. The van der Waals surface area contributed by atoms with Gasteiger partial charge in [-0.3, -0.25) is 14.5 Å². The molecule has 2 amide bonds. The number of rotatable bonds is 7. The van der Waals surface area contributed by atoms with Gasteiger partial charge in [0.1, 0.15) is 0 Å². The summed E-state index contributed by atoms with van der Waals surface area (Å²) in [5, 5.41) is 2.84. The normalized spacial score (nSPS) is 14.4. The molecule has 1 saturated heterocycles. The number of hydrogen-bond acceptors (Lipinski definition) is 6. The molecule has 0 atom stereocenters. The van der Waals surface area contributed by atoms with Crippen molar-refractivity contribution in [3.8, 4) is 11.5 Å². The molecule has 1 aliphatic heterocycles. The van der Waals surface area contributed by atoms with Crippen LogP contribution in [-0.2, 0) is 9.59 Å². The molecule has 1 N–H and O–H groups in total. The number of amides is 2. The summed E-state index contributed by atoms with van der Waals surface area (Å²) in [6, 6.07) is 20.3. The molecule has 35 heavy (non-hydrogen) atoms. The van der Waals surface area contributed by atoms with Crippen LogP contribution in [-0.4, -0.2) is 29.9 Å². The molecule has 3 aromatic rings. The molecule has 1 aliphatic rings. The van der Waals surface area contributed by atoms with E-state index < -0.39 is 0 Å². The van der Waals surface area contributed by atoms with Crippen LogP contribution >= 0.6 is 39.9 Å². The fraction of sp³-hybridized carbons (Fsp3) is 0.115. The molecule has 0 unspecified atom stereocenters. The molecular formula is C26H21BrN2O4S2. The van der Waals surface area contributed by atoms with Crippen LogP contribution in [0.25, 0.3) is 6.08 Å². The number of thiocarbonyl (C=S) groups is 1. The molecular weight excluding hydrogens is 548 g/mol. The molecule has 6 nitrogen and oxygen atoms in total. The molecule has 4 rings (SSSR count). The highest BCUT2D eigenvalue weighted by Crippen LogP contribution is 2.40. The van der Waals surface area contributed by atoms with Gasteiger partial charge in [-0.2, -0.15) is 0 Å². The third kappa shape index (κ3) is 5.75. The number of anilines is 2. The van der Waals surface area contributed by atoms with Gasteiger partial charge in [0, 0.05) is 5.69 Å². The van der Waals surface area contributed by atoms with Crippen molar-refractivity contribution in [2.24, 2.45) is 0 Å². The van der Waals surface area contributed by atoms with Crippen LogP contribution in [0.15, 0.2) is 76.1 Å². The van der Waals surface area contributed by atoms with Crippen molar-refractivity contribution >= 4 is 73.5 Å². The first-order valence-electron chi connectivity index (χ1n) is 10.6. The molecule has 0 radical (unpaired) electrons. The van der Waals surface area contributed by atoms with Crippen LogP contribution in [0.2, 0.25) is 0 Å². The quantitative estimate of drug-likeness (QED) is 0.271. The highest BCUT2D eigenvalue weighted by atomic mass is 79.9. The Kier molecular flexibility index (Phi) is 7.90. The van der Waals surface area contributed by atoms with Gasteiger partial charge in [0.25, 0.3) is 11.8 Å². The number of nitrogens with one attached hydrogen (secondary N) is 1. The summed E-state index contributed by atoms with van der Waals surface area (Å²) in [5.41, 5.74) is 3.14. The average molecular weight is 570 g/mol. The Morgan fingerprint density at radius 1 is 1.14 bits per heavy atom. The highest BCUT2D eigenvalue weighted by Gasteiger charge is 2.33. The van der Waals surface area contributed by atoms with E-state index >= 15 is 0 Å². The Balaban J connectivity index is 1.50. The van der Waals surface area contributed by atoms with Gasteiger partial charge in [0.15, 0.2) is 22.4 Å². The maximum atomic E-state index is 13.0. The second-order valence-corrected chi connectivity index (χ2v) is 10.1. The molecule has 9 heteroatoms. The van der Waals surface area contributed by atoms with Crippen LogP contribution in [0.5, 0.6) is 11.5 Å². The van der Waals surface area contributed by atoms with Gasteiger partial charge in [-0.25, -0.2) is 0 Å². The lowest BCUT2D eigenvalue weighted by Crippen LogP contribution is -2.27. The number of nitrogens with zero attached hydrogens (tertiary/aromatic N) is 1. The van der Waals surface area contributed by atoms with Gasteiger partial charge in [-0.1, -0.05) is 60.4 Å². The number of aryl methyl sites for hydroxylation is 1. The molecule has 0 saturated carbocycles. The van der Waals surface area contributed by atoms with E-state index in [1.165, 1.54) is 23.8 Å². The summed E-state index contributed by atoms with van der Waals surface area (Å²) in [5.74, 6) is 0.339. The van der Waals surface area contributed by atoms with Gasteiger partial charge in [0.05, 0.1) is 22.2 Å². The first-order chi connectivity index (χ1) is 16.9. The van der Waals surface area contributed by atoms with Crippen molar-refractivity contribution in [1.29, 1.82) is 0 Å². The molecule has 0 bridgehead atoms. The summed E-state index contributed by atoms with van der Waals surface area (Å²) in [6.07, 6.45) is 1.75. The van der Waals surface area contributed by atoms with Gasteiger partial charge in [-0.05, 0) is 70.4 Å². The highest BCUT2D eigenvalue weighted by molar-refractivity contribution is 9.10. The van der Waals surface area contributed by atoms with E-state index in [4.69, 9.17) is 21.7 Å². The van der Waals surface area contributed by atoms with Crippen molar-refractivity contribution in [2.75, 3.05) is 23.9 Å². The smallest absolute Gasteiger partial charge is 0.270 e. The Labute approximate surface area is 221 Å². The first kappa shape index (κ1) is 25.0. The van der Waals surface area contributed by atoms with Crippen molar-refractivity contribution < 1.29 is 19.1 Å². The monoisotopic (exact) mass is 568 g/mol. The van der Waals surface area contributed by atoms with E-state index in [1.54, 1.807) is 18.2 Å². The van der Waals surface area contributed by atoms with Crippen LogP contribution in [0, 0.1) is 6.92 Å². The summed E-state index contributed by atoms with van der Waals surface area (Å²) >= 11 is 10.2. The minimum atomic E-state index is -0.290. The van der Waals surface area contributed by atoms with Gasteiger partial charge in [-0.15, -0.1) is 0 Å². The summed E-state index contributed by atoms with van der Waals surface area (Å²) in [4.78, 5) is 27.4. The van der Waals surface area contributed by atoms with Crippen molar-refractivity contribution in [1.82, 2.24) is 0 Å². The number of methoxy groups -OCH3 is 1. The fourth-order valence-corrected chi connectivity index (χ4v) is 5.29. The topological polar surface area (TPSA) is 67.9 Å². The number of para-hydroxylation sites is 2. The molecule has 0 aromatic heterocycles. The lowest BCUT2D eigenvalue weighted by Gasteiger charge is -2.14. The van der Waals surface area contributed by atoms with Gasteiger partial charge < -0.3 is 14.8 Å². The Morgan fingerprint density at radius 2 is 1.86 bits per heavy atom. The zero-order valence-corrected chi connectivity index (χ0v) is 22.1. The zero-order valence-electron chi connectivity index (χ0n) is 18.9. The summed E-state index contributed by atoms with van der Waals surface area (Å²) in [7, 11) is 1.51. The minimum Gasteiger partial charge on any atom is -0.493 e. The molecule has 0 aliphatic carbocycles. The van der Waals surface area contributed by atoms with E-state index in [1.807, 2.05) is 61.5 Å². The van der Waals surface area contributed by atoms with Crippen molar-refractivity contribution in [2.45, 2.75) is 6.92 Å². The summed E-state index contributed by atoms with van der Waals surface area (Å²) < 4.78 is 12.3. The predicted octanol–water partition coefficient (Wildman–Crippen LogP) is 6.19. The third-order valence-electron chi connectivity index (χ3n) is 5.12. The van der Waals surface area contributed by atoms with Crippen LogP contribution < -0.4 is 19.7 Å². The Bertz CT molecular complexity index is 1330. The van der Waals surface area contributed by atoms with Crippen molar-refractivity contribution in [3.05, 3.63) is 87.2 Å². The lowest BCUT2D eigenvalue weighted by atomic mass is 10.1. The maximum Gasteiger partial charge on any atom is 0.270 e. The summed E-state index contributed by atoms with van der Waals surface area (Å²) in [6.45, 7) is 1.72. The van der Waals surface area contributed by atoms with E-state index in [-0.39, 0.29) is 18.4 Å². The fourth-order valence-electron chi connectivity index (χ4n) is 3.42. The van der Waals surface area contributed by atoms with Crippen LogP contribution in [0.4, 0.5) is 11.4 Å². The molecule has 1 heterocycles. The van der Waals surface area contributed by atoms with Crippen molar-refractivity contribution in [3.63, 3.8) is 0 Å². The molecule has 0 spiro atoms. The number of thioether (sulfide) groups is 1. The number of ether oxygens (including phenoxy) is 2. The zero-order chi connectivity index (χ0) is 24.9. The SMILES string of the molecule is COc1cc(/C=C2\SC(=S)N(c3ccccc3)C2=O)cc(Br)c1OCC(=O)Nc1ccccc1C. The Morgan fingerprint density at radius 3 is 2.57 bits per heavy atom. The number of halogens is 1. The third-order valence-corrected chi connectivity index (χ3v) is 7.02. The second-order valence-electron chi connectivity index (χ2n) is 7.54. The number of carbonyl (C=O) groups excluding carboxylic acids is 2. The number of hydrogen-bond donors (Lipinski definition) is 1. The van der Waals surface area contributed by atoms with E-state index in [0.717, 1.165) is 22.5 Å². The Hall–Kier alpha value is -3.14. The molecule has 178 valence electrons. The molecule has 1 fully saturated rings. The maximum absolute atomic E-state index is 13.0. The lowest BCUT2D eigenvalue weighted by molar-refractivity contribution is -0.118. The minimum absolute atomic E-state index is 0.186. The van der Waals surface area contributed by atoms with Gasteiger partial charge in [0.2, 0.25) is 0 Å². The van der Waals surface area contributed by atoms with Gasteiger partial charge >= 0.3 is 0 Å². The first-order valence-corrected chi connectivity index (χ1v) is 12.6.